The van der Waals surface area contributed by atoms with Gasteiger partial charge in [-0.3, -0.25) is 43.2 Å². The summed E-state index contributed by atoms with van der Waals surface area (Å²) in [7, 11) is 0. The van der Waals surface area contributed by atoms with Gasteiger partial charge in [-0.2, -0.15) is 0 Å². The van der Waals surface area contributed by atoms with Crippen LogP contribution in [0.4, 0.5) is 0 Å². The molecule has 1 heterocycles. The van der Waals surface area contributed by atoms with Crippen LogP contribution >= 0.6 is 67.8 Å². The largest absolute Gasteiger partial charge is 0.379 e. The molecule has 0 spiro atoms. The zero-order valence-electron chi connectivity index (χ0n) is 29.7. The highest BCUT2D eigenvalue weighted by Gasteiger charge is 2.32. The van der Waals surface area contributed by atoms with Gasteiger partial charge in [-0.05, 0) is 0 Å². The molecule has 1 rings (SSSR count). The fourth-order valence-electron chi connectivity index (χ4n) is 4.08. The van der Waals surface area contributed by atoms with E-state index in [1.807, 2.05) is 67.8 Å². The van der Waals surface area contributed by atoms with Crippen molar-refractivity contribution in [3.05, 3.63) is 0 Å². The van der Waals surface area contributed by atoms with Crippen molar-refractivity contribution < 1.29 is 57.4 Å². The minimum Gasteiger partial charge on any atom is -0.379 e. The number of alkyl halides is 3. The van der Waals surface area contributed by atoms with Crippen molar-refractivity contribution in [2.45, 2.75) is 19.3 Å². The van der Waals surface area contributed by atoms with Gasteiger partial charge in [0, 0.05) is 38.9 Å². The molecule has 6 N–H and O–H groups in total. The zero-order valence-corrected chi connectivity index (χ0v) is 36.2. The summed E-state index contributed by atoms with van der Waals surface area (Å²) in [5, 5.41) is 15.3. The van der Waals surface area contributed by atoms with Gasteiger partial charge in [0.15, 0.2) is 0 Å². The Kier molecular flexibility index (Phi) is 27.9. The third-order valence-corrected chi connectivity index (χ3v) is 8.96. The van der Waals surface area contributed by atoms with Crippen molar-refractivity contribution in [1.82, 2.24) is 46.6 Å². The molecule has 0 aliphatic carbocycles. The van der Waals surface area contributed by atoms with E-state index in [4.69, 9.17) is 14.2 Å². The van der Waals surface area contributed by atoms with Crippen LogP contribution in [0.25, 0.3) is 0 Å². The van der Waals surface area contributed by atoms with Crippen molar-refractivity contribution in [3.63, 3.8) is 0 Å². The average Bonchev–Trinajstić information content (AvgIpc) is 3.18. The molecule has 24 heteroatoms. The second-order valence-corrected chi connectivity index (χ2v) is 13.4. The second-order valence-electron chi connectivity index (χ2n) is 11.1. The Morgan fingerprint density at radius 2 is 0.648 bits per heavy atom. The van der Waals surface area contributed by atoms with Crippen molar-refractivity contribution in [3.8, 4) is 0 Å². The van der Waals surface area contributed by atoms with E-state index < -0.39 is 55.1 Å². The van der Waals surface area contributed by atoms with Gasteiger partial charge in [0.25, 0.3) is 0 Å². The number of nitrogens with zero attached hydrogens (tertiary/aromatic N) is 3. The minimum absolute atomic E-state index is 0.0531. The van der Waals surface area contributed by atoms with Crippen LogP contribution in [0.2, 0.25) is 0 Å². The van der Waals surface area contributed by atoms with Crippen molar-refractivity contribution in [2.24, 2.45) is 0 Å². The van der Waals surface area contributed by atoms with Crippen molar-refractivity contribution >= 4 is 121 Å². The minimum atomic E-state index is -0.604. The molecule has 0 atom stereocenters. The number of carbonyl (C=O) groups is 9. The summed E-state index contributed by atoms with van der Waals surface area (Å²) in [5.41, 5.74) is 0. The predicted molar refractivity (Wildman–Crippen MR) is 216 cm³/mol. The van der Waals surface area contributed by atoms with E-state index in [1.54, 1.807) is 0 Å². The first-order chi connectivity index (χ1) is 25.9. The highest BCUT2D eigenvalue weighted by molar-refractivity contribution is 14.1. The smallest absolute Gasteiger partial charge is 0.244 e. The molecule has 0 unspecified atom stereocenters. The van der Waals surface area contributed by atoms with E-state index in [0.29, 0.717) is 32.9 Å². The number of rotatable bonds is 27. The van der Waals surface area contributed by atoms with Crippen molar-refractivity contribution in [2.75, 3.05) is 112 Å². The van der Waals surface area contributed by atoms with Crippen LogP contribution in [-0.4, -0.2) is 180 Å². The number of hydrogen-bond acceptors (Lipinski definition) is 12. The molecular weight excluding hydrogens is 1060 g/mol. The lowest BCUT2D eigenvalue weighted by Crippen LogP contribution is -2.62. The maximum absolute atomic E-state index is 13.1. The fourth-order valence-corrected chi connectivity index (χ4v) is 4.89. The summed E-state index contributed by atoms with van der Waals surface area (Å²) in [6.07, 6.45) is -0.159. The highest BCUT2D eigenvalue weighted by Crippen LogP contribution is 2.09. The van der Waals surface area contributed by atoms with E-state index in [2.05, 4.69) is 31.9 Å². The topological polar surface area (TPSA) is 263 Å². The second kappa shape index (κ2) is 30.5. The summed E-state index contributed by atoms with van der Waals surface area (Å²) in [6, 6.07) is 0. The van der Waals surface area contributed by atoms with Gasteiger partial charge in [0.1, 0.15) is 0 Å². The SMILES string of the molecule is O=C(CI)NCCOCCC(=O)NCC(=O)N1CN(C(=O)CNC(=O)CCOCCNC(=O)CI)CN(C(=O)CNC(=O)CCOCCNC(=O)CI)C1. The van der Waals surface area contributed by atoms with Crippen LogP contribution in [0.5, 0.6) is 0 Å². The van der Waals surface area contributed by atoms with Crippen LogP contribution in [-0.2, 0) is 57.4 Å². The van der Waals surface area contributed by atoms with Gasteiger partial charge in [0.2, 0.25) is 53.2 Å². The standard InChI is InChI=1S/C30H48I3N9O12/c31-13-25(46)34-4-10-52-7-1-22(43)37-16-28(49)40-19-41(29(50)17-38-23(44)2-8-53-11-5-35-26(47)14-32)21-42(20-40)30(51)18-39-24(45)3-9-54-12-6-36-27(48)15-33/h1-21H2,(H,34,46)(H,35,47)(H,36,48)(H,37,43)(H,38,44)(H,39,45). The molecule has 0 bridgehead atoms. The van der Waals surface area contributed by atoms with Gasteiger partial charge >= 0.3 is 0 Å². The van der Waals surface area contributed by atoms with Crippen LogP contribution < -0.4 is 31.9 Å². The van der Waals surface area contributed by atoms with E-state index in [9.17, 15) is 43.2 Å². The van der Waals surface area contributed by atoms with Crippen LogP contribution in [0.15, 0.2) is 0 Å². The molecule has 1 aliphatic rings. The molecule has 1 aliphatic heterocycles. The maximum atomic E-state index is 13.1. The third kappa shape index (κ3) is 23.9. The van der Waals surface area contributed by atoms with E-state index in [-0.39, 0.29) is 96.6 Å². The van der Waals surface area contributed by atoms with E-state index in [0.717, 1.165) is 0 Å². The lowest BCUT2D eigenvalue weighted by molar-refractivity contribution is -0.158. The third-order valence-electron chi connectivity index (χ3n) is 6.88. The molecule has 0 aromatic rings. The zero-order chi connectivity index (χ0) is 40.1. The number of hydrogen-bond donors (Lipinski definition) is 6. The predicted octanol–water partition coefficient (Wildman–Crippen LogP) is -3.42. The molecule has 0 radical (unpaired) electrons. The van der Waals surface area contributed by atoms with E-state index in [1.165, 1.54) is 14.7 Å². The molecular formula is C30H48I3N9O12. The van der Waals surface area contributed by atoms with Crippen LogP contribution in [0.1, 0.15) is 19.3 Å². The summed E-state index contributed by atoms with van der Waals surface area (Å²) in [6.45, 7) is -0.391. The van der Waals surface area contributed by atoms with Gasteiger partial charge in [-0.25, -0.2) is 0 Å². The number of amides is 9. The Morgan fingerprint density at radius 3 is 0.889 bits per heavy atom. The Balaban J connectivity index is 2.67. The number of halogens is 3. The summed E-state index contributed by atoms with van der Waals surface area (Å²) in [5.74, 6) is -3.66. The first-order valence-corrected chi connectivity index (χ1v) is 21.3. The summed E-state index contributed by atoms with van der Waals surface area (Å²) >= 11 is 5.79. The molecule has 306 valence electrons. The molecule has 54 heavy (non-hydrogen) atoms. The van der Waals surface area contributed by atoms with Gasteiger partial charge in [0.05, 0.1) is 92.6 Å². The molecule has 0 aromatic carbocycles. The lowest BCUT2D eigenvalue weighted by atomic mass is 10.3. The Bertz CT molecular complexity index is 1110. The summed E-state index contributed by atoms with van der Waals surface area (Å²) < 4.78 is 16.9. The Labute approximate surface area is 353 Å². The number of ether oxygens (including phenoxy) is 3. The molecule has 1 fully saturated rings. The molecule has 9 amide bonds. The number of carbonyl (C=O) groups excluding carboxylic acids is 9. The monoisotopic (exact) mass is 1110 g/mol. The fraction of sp³-hybridized carbons (Fsp3) is 0.700. The Hall–Kier alpha value is -2.70. The molecule has 21 nitrogen and oxygen atoms in total. The van der Waals surface area contributed by atoms with Crippen molar-refractivity contribution in [1.29, 1.82) is 0 Å². The molecule has 1 saturated heterocycles. The first kappa shape index (κ1) is 49.3. The van der Waals surface area contributed by atoms with Gasteiger partial charge in [-0.15, -0.1) is 0 Å². The lowest BCUT2D eigenvalue weighted by Gasteiger charge is -2.42. The quantitative estimate of drug-likeness (QED) is 0.0267. The number of nitrogens with one attached hydrogen (secondary N) is 6. The van der Waals surface area contributed by atoms with Crippen LogP contribution in [0.3, 0.4) is 0 Å². The van der Waals surface area contributed by atoms with Gasteiger partial charge in [-0.1, -0.05) is 67.8 Å². The summed E-state index contributed by atoms with van der Waals surface area (Å²) in [4.78, 5) is 114. The van der Waals surface area contributed by atoms with Crippen LogP contribution in [0, 0.1) is 0 Å². The Morgan fingerprint density at radius 1 is 0.389 bits per heavy atom. The molecule has 0 aromatic heterocycles. The molecule has 0 saturated carbocycles. The average molecular weight is 1110 g/mol. The maximum Gasteiger partial charge on any atom is 0.244 e. The first-order valence-electron chi connectivity index (χ1n) is 16.7. The normalized spacial score (nSPS) is 12.4. The highest BCUT2D eigenvalue weighted by atomic mass is 127. The van der Waals surface area contributed by atoms with E-state index >= 15 is 0 Å². The van der Waals surface area contributed by atoms with Gasteiger partial charge < -0.3 is 60.8 Å².